The lowest BCUT2D eigenvalue weighted by molar-refractivity contribution is -0.119. The molecule has 31 heavy (non-hydrogen) atoms. The Kier molecular flexibility index (Phi) is 6.15. The Bertz CT molecular complexity index is 1300. The van der Waals surface area contributed by atoms with Gasteiger partial charge in [0.2, 0.25) is 5.91 Å². The van der Waals surface area contributed by atoms with Crippen molar-refractivity contribution in [3.63, 3.8) is 0 Å². The first kappa shape index (κ1) is 21.2. The van der Waals surface area contributed by atoms with Gasteiger partial charge >= 0.3 is 0 Å². The van der Waals surface area contributed by atoms with Crippen LogP contribution in [-0.2, 0) is 4.79 Å². The number of para-hydroxylation sites is 1. The summed E-state index contributed by atoms with van der Waals surface area (Å²) in [5.41, 5.74) is 1.78. The summed E-state index contributed by atoms with van der Waals surface area (Å²) in [4.78, 5) is 30.5. The minimum Gasteiger partial charge on any atom is -0.467 e. The van der Waals surface area contributed by atoms with Crippen molar-refractivity contribution < 1.29 is 9.21 Å². The molecule has 0 saturated heterocycles. The van der Waals surface area contributed by atoms with Crippen LogP contribution in [0.2, 0.25) is 5.02 Å². The fourth-order valence-corrected chi connectivity index (χ4v) is 4.27. The van der Waals surface area contributed by atoms with Crippen LogP contribution in [0.25, 0.3) is 16.6 Å². The Balaban J connectivity index is 1.69. The lowest BCUT2D eigenvalue weighted by Gasteiger charge is -2.16. The molecule has 4 rings (SSSR count). The highest BCUT2D eigenvalue weighted by Gasteiger charge is 2.18. The Morgan fingerprint density at radius 3 is 2.77 bits per heavy atom. The standard InChI is InChI=1S/C23H20ClN3O3S/c1-14-17(24)8-5-10-19(14)27-22(29)16-7-3-4-9-18(16)26-23(27)31-13-21(28)25-15(2)20-11-6-12-30-20/h3-12,15H,13H2,1-2H3,(H,25,28). The molecule has 0 fully saturated rings. The van der Waals surface area contributed by atoms with E-state index in [1.54, 1.807) is 42.7 Å². The first-order valence-corrected chi connectivity index (χ1v) is 11.0. The van der Waals surface area contributed by atoms with Crippen LogP contribution < -0.4 is 10.9 Å². The van der Waals surface area contributed by atoms with Gasteiger partial charge in [-0.3, -0.25) is 14.2 Å². The summed E-state index contributed by atoms with van der Waals surface area (Å²) in [6, 6.07) is 15.9. The van der Waals surface area contributed by atoms with Crippen LogP contribution in [0.5, 0.6) is 0 Å². The normalized spacial score (nSPS) is 12.1. The minimum absolute atomic E-state index is 0.0927. The number of nitrogens with zero attached hydrogens (tertiary/aromatic N) is 2. The molecule has 4 aromatic rings. The van der Waals surface area contributed by atoms with Gasteiger partial charge in [-0.1, -0.05) is 41.6 Å². The molecule has 2 aromatic carbocycles. The van der Waals surface area contributed by atoms with Crippen molar-refractivity contribution in [2.45, 2.75) is 25.0 Å². The summed E-state index contributed by atoms with van der Waals surface area (Å²) >= 11 is 7.50. The molecule has 0 saturated carbocycles. The molecule has 2 heterocycles. The largest absolute Gasteiger partial charge is 0.467 e. The third-order valence-electron chi connectivity index (χ3n) is 4.90. The molecule has 8 heteroatoms. The zero-order chi connectivity index (χ0) is 22.0. The number of fused-ring (bicyclic) bond motifs is 1. The molecule has 0 aliphatic carbocycles. The molecule has 0 aliphatic rings. The molecule has 2 aromatic heterocycles. The summed E-state index contributed by atoms with van der Waals surface area (Å²) < 4.78 is 6.86. The van der Waals surface area contributed by atoms with E-state index in [9.17, 15) is 9.59 Å². The van der Waals surface area contributed by atoms with Crippen LogP contribution in [0.3, 0.4) is 0 Å². The number of carbonyl (C=O) groups is 1. The molecule has 0 aliphatic heterocycles. The SMILES string of the molecule is Cc1c(Cl)cccc1-n1c(SCC(=O)NC(C)c2ccco2)nc2ccccc2c1=O. The second kappa shape index (κ2) is 8.99. The van der Waals surface area contributed by atoms with Gasteiger partial charge in [-0.05, 0) is 55.8 Å². The van der Waals surface area contributed by atoms with Crippen LogP contribution in [0.1, 0.15) is 24.3 Å². The maximum absolute atomic E-state index is 13.3. The maximum atomic E-state index is 13.3. The van der Waals surface area contributed by atoms with Crippen LogP contribution in [0.15, 0.2) is 75.2 Å². The Hall–Kier alpha value is -3.03. The average molecular weight is 454 g/mol. The number of thioether (sulfide) groups is 1. The molecule has 0 radical (unpaired) electrons. The van der Waals surface area contributed by atoms with E-state index < -0.39 is 0 Å². The number of benzene rings is 2. The molecule has 1 unspecified atom stereocenters. The Labute approximate surface area is 188 Å². The number of hydrogen-bond donors (Lipinski definition) is 1. The summed E-state index contributed by atoms with van der Waals surface area (Å²) in [7, 11) is 0. The van der Waals surface area contributed by atoms with Crippen LogP contribution in [-0.4, -0.2) is 21.2 Å². The van der Waals surface area contributed by atoms with Gasteiger partial charge < -0.3 is 9.73 Å². The first-order valence-electron chi connectivity index (χ1n) is 9.68. The molecule has 1 atom stereocenters. The maximum Gasteiger partial charge on any atom is 0.266 e. The lowest BCUT2D eigenvalue weighted by atomic mass is 10.2. The summed E-state index contributed by atoms with van der Waals surface area (Å²) in [5, 5.41) is 4.38. The van der Waals surface area contributed by atoms with Gasteiger partial charge in [-0.25, -0.2) is 4.98 Å². The second-order valence-corrected chi connectivity index (χ2v) is 8.38. The predicted octanol–water partition coefficient (Wildman–Crippen LogP) is 4.91. The second-order valence-electron chi connectivity index (χ2n) is 7.03. The first-order chi connectivity index (χ1) is 15.0. The minimum atomic E-state index is -0.259. The molecule has 1 N–H and O–H groups in total. The fraction of sp³-hybridized carbons (Fsp3) is 0.174. The van der Waals surface area contributed by atoms with Gasteiger partial charge in [0.1, 0.15) is 5.76 Å². The monoisotopic (exact) mass is 453 g/mol. The predicted molar refractivity (Wildman–Crippen MR) is 123 cm³/mol. The van der Waals surface area contributed by atoms with Crippen molar-refractivity contribution in [2.24, 2.45) is 0 Å². The van der Waals surface area contributed by atoms with E-state index in [4.69, 9.17) is 16.0 Å². The number of rotatable bonds is 6. The van der Waals surface area contributed by atoms with Crippen molar-refractivity contribution in [1.29, 1.82) is 0 Å². The molecule has 6 nitrogen and oxygen atoms in total. The van der Waals surface area contributed by atoms with Crippen molar-refractivity contribution in [2.75, 3.05) is 5.75 Å². The van der Waals surface area contributed by atoms with E-state index in [-0.39, 0.29) is 23.3 Å². The Morgan fingerprint density at radius 1 is 1.19 bits per heavy atom. The third-order valence-corrected chi connectivity index (χ3v) is 6.25. The van der Waals surface area contributed by atoms with Crippen LogP contribution in [0, 0.1) is 6.92 Å². The molecule has 1 amide bonds. The molecular weight excluding hydrogens is 434 g/mol. The number of carbonyl (C=O) groups excluding carboxylic acids is 1. The molecule has 0 bridgehead atoms. The van der Waals surface area contributed by atoms with Crippen molar-refractivity contribution in [3.8, 4) is 5.69 Å². The number of nitrogens with one attached hydrogen (secondary N) is 1. The van der Waals surface area contributed by atoms with E-state index in [0.29, 0.717) is 32.5 Å². The van der Waals surface area contributed by atoms with E-state index in [0.717, 1.165) is 5.56 Å². The van der Waals surface area contributed by atoms with Gasteiger partial charge in [0, 0.05) is 5.02 Å². The number of hydrogen-bond acceptors (Lipinski definition) is 5. The topological polar surface area (TPSA) is 77.1 Å². The van der Waals surface area contributed by atoms with Crippen molar-refractivity contribution in [3.05, 3.63) is 87.6 Å². The fourth-order valence-electron chi connectivity index (χ4n) is 3.28. The highest BCUT2D eigenvalue weighted by Crippen LogP contribution is 2.26. The smallest absolute Gasteiger partial charge is 0.266 e. The highest BCUT2D eigenvalue weighted by atomic mass is 35.5. The zero-order valence-electron chi connectivity index (χ0n) is 17.0. The number of furan rings is 1. The molecule has 0 spiro atoms. The van der Waals surface area contributed by atoms with Crippen molar-refractivity contribution in [1.82, 2.24) is 14.9 Å². The molecular formula is C23H20ClN3O3S. The van der Waals surface area contributed by atoms with E-state index in [1.165, 1.54) is 16.3 Å². The van der Waals surface area contributed by atoms with Gasteiger partial charge in [-0.2, -0.15) is 0 Å². The summed E-state index contributed by atoms with van der Waals surface area (Å²) in [6.07, 6.45) is 1.57. The van der Waals surface area contributed by atoms with E-state index in [1.807, 2.05) is 32.0 Å². The number of amides is 1. The van der Waals surface area contributed by atoms with Gasteiger partial charge in [0.25, 0.3) is 5.56 Å². The van der Waals surface area contributed by atoms with Crippen LogP contribution >= 0.6 is 23.4 Å². The Morgan fingerprint density at radius 2 is 2.00 bits per heavy atom. The van der Waals surface area contributed by atoms with E-state index >= 15 is 0 Å². The quantitative estimate of drug-likeness (QED) is 0.331. The zero-order valence-corrected chi connectivity index (χ0v) is 18.5. The van der Waals surface area contributed by atoms with Crippen LogP contribution in [0.4, 0.5) is 0 Å². The average Bonchev–Trinajstić information content (AvgIpc) is 3.30. The summed E-state index contributed by atoms with van der Waals surface area (Å²) in [6.45, 7) is 3.70. The van der Waals surface area contributed by atoms with Gasteiger partial charge in [0.05, 0.1) is 34.6 Å². The van der Waals surface area contributed by atoms with Crippen molar-refractivity contribution >= 4 is 40.2 Å². The third kappa shape index (κ3) is 4.38. The van der Waals surface area contributed by atoms with Gasteiger partial charge in [0.15, 0.2) is 5.16 Å². The number of aromatic nitrogens is 2. The highest BCUT2D eigenvalue weighted by molar-refractivity contribution is 7.99. The van der Waals surface area contributed by atoms with E-state index in [2.05, 4.69) is 10.3 Å². The van der Waals surface area contributed by atoms with Gasteiger partial charge in [-0.15, -0.1) is 0 Å². The lowest BCUT2D eigenvalue weighted by Crippen LogP contribution is -2.29. The number of halogens is 1. The summed E-state index contributed by atoms with van der Waals surface area (Å²) in [5.74, 6) is 0.578. The molecule has 158 valence electrons.